The van der Waals surface area contributed by atoms with Crippen molar-refractivity contribution in [1.29, 1.82) is 0 Å². The summed E-state index contributed by atoms with van der Waals surface area (Å²) in [7, 11) is -2.76. The molecule has 348 valence electrons. The van der Waals surface area contributed by atoms with Crippen LogP contribution in [0.5, 0.6) is 0 Å². The number of fused-ring (bicyclic) bond motifs is 7. The Labute approximate surface area is 380 Å². The average Bonchev–Trinajstić information content (AvgIpc) is 3.48. The van der Waals surface area contributed by atoms with Crippen molar-refractivity contribution in [3.8, 4) is 22.3 Å². The van der Waals surface area contributed by atoms with Gasteiger partial charge in [-0.15, -0.1) is 0 Å². The lowest BCUT2D eigenvalue weighted by Crippen LogP contribution is -2.27. The fourth-order valence-corrected chi connectivity index (χ4v) is 10.4. The van der Waals surface area contributed by atoms with E-state index in [1.807, 2.05) is 38.1 Å². The topological polar surface area (TPSA) is 29.5 Å². The molecule has 2 atom stereocenters. The molecule has 0 aliphatic carbocycles. The highest BCUT2D eigenvalue weighted by molar-refractivity contribution is 7.39. The monoisotopic (exact) mass is 963 g/mol. The van der Waals surface area contributed by atoms with Crippen LogP contribution in [0.25, 0.3) is 65.7 Å². The Kier molecular flexibility index (Phi) is 11.7. The molecule has 0 bridgehead atoms. The molecule has 9 aromatic rings. The van der Waals surface area contributed by atoms with Crippen LogP contribution in [-0.4, -0.2) is 0 Å². The van der Waals surface area contributed by atoms with Crippen LogP contribution in [0.3, 0.4) is 0 Å². The highest BCUT2D eigenvalue weighted by atomic mass is 31.1. The second-order valence-electron chi connectivity index (χ2n) is 16.3. The quantitative estimate of drug-likeness (QED) is 0.149. The Balaban J connectivity index is 1.56. The average molecular weight is 964 g/mol. The molecule has 3 nitrogen and oxygen atoms in total. The van der Waals surface area contributed by atoms with Crippen LogP contribution in [0, 0.1) is 0 Å². The van der Waals surface area contributed by atoms with Crippen LogP contribution >= 0.6 is 8.16 Å². The SMILES string of the molecule is C[C@H](c1ccccc1)N([C@H](C)c1ccccc1)p1oc2c(-c3cc(C(F)(F)F)cc(C(F)(F)F)c3)cc3ccccc3c2c2c(o1)c(-c1cc(C(F)(F)F)cc(C(F)(F)F)c1)cc1ccccc12. The zero-order valence-corrected chi connectivity index (χ0v) is 36.3. The van der Waals surface area contributed by atoms with Crippen molar-refractivity contribution >= 4 is 51.6 Å². The Morgan fingerprint density at radius 2 is 0.706 bits per heavy atom. The van der Waals surface area contributed by atoms with Gasteiger partial charge in [-0.2, -0.15) is 57.4 Å². The summed E-state index contributed by atoms with van der Waals surface area (Å²) in [5.41, 5.74) is -7.04. The first-order chi connectivity index (χ1) is 32.1. The van der Waals surface area contributed by atoms with E-state index >= 15 is 0 Å². The summed E-state index contributed by atoms with van der Waals surface area (Å²) in [6.07, 6.45) is -21.0. The minimum atomic E-state index is -5.24. The normalized spacial score (nSPS) is 13.8. The number of alkyl halides is 12. The molecular weight excluding hydrogens is 930 g/mol. The second kappa shape index (κ2) is 17.1. The molecule has 68 heavy (non-hydrogen) atoms. The maximum atomic E-state index is 14.6. The van der Waals surface area contributed by atoms with E-state index in [1.54, 1.807) is 89.6 Å². The van der Waals surface area contributed by atoms with Gasteiger partial charge in [0.2, 0.25) is 0 Å². The molecule has 0 aliphatic rings. The van der Waals surface area contributed by atoms with E-state index in [2.05, 4.69) is 0 Å². The van der Waals surface area contributed by atoms with Gasteiger partial charge in [0, 0.05) is 34.0 Å². The molecule has 8 aromatic carbocycles. The highest BCUT2D eigenvalue weighted by Crippen LogP contribution is 2.53. The third-order valence-corrected chi connectivity index (χ3v) is 13.7. The van der Waals surface area contributed by atoms with E-state index in [1.165, 1.54) is 12.1 Å². The number of nitrogens with zero attached hydrogens (tertiary/aromatic N) is 1. The predicted octanol–water partition coefficient (Wildman–Crippen LogP) is 18.5. The van der Waals surface area contributed by atoms with Gasteiger partial charge in [-0.1, -0.05) is 109 Å². The van der Waals surface area contributed by atoms with Gasteiger partial charge in [-0.25, -0.2) is 0 Å². The van der Waals surface area contributed by atoms with Crippen molar-refractivity contribution < 1.29 is 61.1 Å². The molecule has 0 aliphatic heterocycles. The molecule has 0 fully saturated rings. The van der Waals surface area contributed by atoms with Gasteiger partial charge in [0.05, 0.1) is 22.3 Å². The van der Waals surface area contributed by atoms with E-state index in [0.29, 0.717) is 56.9 Å². The summed E-state index contributed by atoms with van der Waals surface area (Å²) >= 11 is 0. The van der Waals surface area contributed by atoms with Crippen molar-refractivity contribution in [2.75, 3.05) is 4.67 Å². The molecule has 0 saturated heterocycles. The summed E-state index contributed by atoms with van der Waals surface area (Å²) in [4.78, 5) is 0. The standard InChI is InChI=1S/C52H34F12NO2P/c1-29(31-13-5-3-6-14-31)65(30(2)32-15-7-4-8-16-32)68-66-47-43(35-21-37(49(53,54)55)27-38(22-35)50(56,57)58)25-33-17-9-11-19-41(33)45(47)46-42-20-12-10-18-34(42)26-44(48(46)67-68)36-23-39(51(59,60)61)28-40(24-36)52(62,63)64/h3-30H,1-2H3/t29-,30-/m1/s1. The van der Waals surface area contributed by atoms with Crippen LogP contribution in [0.2, 0.25) is 0 Å². The lowest BCUT2D eigenvalue weighted by Gasteiger charge is -2.32. The maximum absolute atomic E-state index is 14.6. The summed E-state index contributed by atoms with van der Waals surface area (Å²) in [6, 6.07) is 34.4. The van der Waals surface area contributed by atoms with Crippen molar-refractivity contribution in [3.63, 3.8) is 0 Å². The van der Waals surface area contributed by atoms with E-state index in [4.69, 9.17) is 8.39 Å². The van der Waals surface area contributed by atoms with Crippen LogP contribution in [0.15, 0.2) is 166 Å². The maximum Gasteiger partial charge on any atom is 0.416 e. The Bertz CT molecular complexity index is 3110. The zero-order chi connectivity index (χ0) is 48.5. The molecule has 0 amide bonds. The number of hydrogen-bond acceptors (Lipinski definition) is 3. The number of benzene rings is 8. The minimum Gasteiger partial charge on any atom is -0.407 e. The molecule has 1 heterocycles. The molecule has 16 heteroatoms. The van der Waals surface area contributed by atoms with Crippen LogP contribution in [0.4, 0.5) is 52.7 Å². The second-order valence-corrected chi connectivity index (χ2v) is 17.6. The third kappa shape index (κ3) is 8.80. The molecule has 9 rings (SSSR count). The summed E-state index contributed by atoms with van der Waals surface area (Å²) in [6.45, 7) is 3.62. The highest BCUT2D eigenvalue weighted by Gasteiger charge is 2.40. The van der Waals surface area contributed by atoms with Gasteiger partial charge in [0.1, 0.15) is 0 Å². The van der Waals surface area contributed by atoms with Crippen LogP contribution in [-0.2, 0) is 24.7 Å². The number of rotatable bonds is 7. The molecule has 0 radical (unpaired) electrons. The van der Waals surface area contributed by atoms with Gasteiger partial charge < -0.3 is 8.39 Å². The largest absolute Gasteiger partial charge is 0.416 e. The van der Waals surface area contributed by atoms with E-state index in [0.717, 1.165) is 0 Å². The summed E-state index contributed by atoms with van der Waals surface area (Å²) in [5, 5.41) is 1.38. The van der Waals surface area contributed by atoms with Crippen molar-refractivity contribution in [3.05, 3.63) is 191 Å². The van der Waals surface area contributed by atoms with Gasteiger partial charge >= 0.3 is 32.9 Å². The molecule has 0 unspecified atom stereocenters. The number of hydrogen-bond donors (Lipinski definition) is 0. The van der Waals surface area contributed by atoms with E-state index in [-0.39, 0.29) is 45.2 Å². The van der Waals surface area contributed by atoms with Crippen molar-refractivity contribution in [2.24, 2.45) is 0 Å². The third-order valence-electron chi connectivity index (χ3n) is 11.9. The fraction of sp³-hybridized carbons (Fsp3) is 0.154. The fourth-order valence-electron chi connectivity index (χ4n) is 8.65. The van der Waals surface area contributed by atoms with Gasteiger partial charge in [0.15, 0.2) is 11.2 Å². The Morgan fingerprint density at radius 1 is 0.397 bits per heavy atom. The Hall–Kier alpha value is -6.70. The first-order valence-corrected chi connectivity index (χ1v) is 22.0. The van der Waals surface area contributed by atoms with E-state index < -0.39 is 78.3 Å². The van der Waals surface area contributed by atoms with Crippen molar-refractivity contribution in [2.45, 2.75) is 50.6 Å². The van der Waals surface area contributed by atoms with Crippen LogP contribution < -0.4 is 4.67 Å². The summed E-state index contributed by atoms with van der Waals surface area (Å²) in [5.74, 6) is 0. The lowest BCUT2D eigenvalue weighted by atomic mass is 9.90. The molecule has 0 spiro atoms. The predicted molar refractivity (Wildman–Crippen MR) is 240 cm³/mol. The first kappa shape index (κ1) is 46.4. The molecule has 0 saturated carbocycles. The van der Waals surface area contributed by atoms with Gasteiger partial charge in [-0.05, 0) is 106 Å². The number of halogens is 12. The van der Waals surface area contributed by atoms with Gasteiger partial charge in [0.25, 0.3) is 0 Å². The minimum absolute atomic E-state index is 0.00421. The zero-order valence-electron chi connectivity index (χ0n) is 35.4. The molecular formula is C52H34F12NO2P. The molecule has 1 aromatic heterocycles. The van der Waals surface area contributed by atoms with Gasteiger partial charge in [-0.3, -0.25) is 0 Å². The van der Waals surface area contributed by atoms with Crippen LogP contribution in [0.1, 0.15) is 59.3 Å². The summed E-state index contributed by atoms with van der Waals surface area (Å²) < 4.78 is 191. The first-order valence-electron chi connectivity index (χ1n) is 20.8. The Morgan fingerprint density at radius 3 is 1.03 bits per heavy atom. The smallest absolute Gasteiger partial charge is 0.407 e. The molecule has 0 N–H and O–H groups in total. The lowest BCUT2D eigenvalue weighted by molar-refractivity contribution is -0.144. The van der Waals surface area contributed by atoms with Crippen molar-refractivity contribution in [1.82, 2.24) is 0 Å². The van der Waals surface area contributed by atoms with E-state index in [9.17, 15) is 52.7 Å².